The molecule has 0 spiro atoms. The lowest BCUT2D eigenvalue weighted by atomic mass is 9.81. The highest BCUT2D eigenvalue weighted by Crippen LogP contribution is 2.32. The molecule has 0 amide bonds. The van der Waals surface area contributed by atoms with Gasteiger partial charge in [-0.2, -0.15) is 10.5 Å². The Morgan fingerprint density at radius 2 is 1.56 bits per heavy atom. The SMILES string of the molecule is CC(C)(C)c1cc(C#N)c2ccccc2c1C#N. The molecule has 0 atom stereocenters. The lowest BCUT2D eigenvalue weighted by molar-refractivity contribution is 0.589. The summed E-state index contributed by atoms with van der Waals surface area (Å²) in [5.41, 5.74) is 2.09. The average molecular weight is 234 g/mol. The second-order valence-electron chi connectivity index (χ2n) is 5.37. The fourth-order valence-electron chi connectivity index (χ4n) is 2.18. The van der Waals surface area contributed by atoms with E-state index in [2.05, 4.69) is 32.9 Å². The first-order valence-electron chi connectivity index (χ1n) is 5.85. The summed E-state index contributed by atoms with van der Waals surface area (Å²) in [6.45, 7) is 6.16. The molecule has 18 heavy (non-hydrogen) atoms. The largest absolute Gasteiger partial charge is 0.192 e. The summed E-state index contributed by atoms with van der Waals surface area (Å²) < 4.78 is 0. The Kier molecular flexibility index (Phi) is 2.81. The normalized spacial score (nSPS) is 10.9. The van der Waals surface area contributed by atoms with Crippen LogP contribution in [0.15, 0.2) is 30.3 Å². The Balaban J connectivity index is 3.00. The van der Waals surface area contributed by atoms with E-state index in [9.17, 15) is 10.5 Å². The molecule has 0 bridgehead atoms. The maximum absolute atomic E-state index is 9.41. The van der Waals surface area contributed by atoms with Crippen molar-refractivity contribution in [2.75, 3.05) is 0 Å². The highest BCUT2D eigenvalue weighted by atomic mass is 14.3. The minimum atomic E-state index is -0.152. The monoisotopic (exact) mass is 234 g/mol. The molecule has 0 unspecified atom stereocenters. The molecule has 0 heterocycles. The quantitative estimate of drug-likeness (QED) is 0.694. The summed E-state index contributed by atoms with van der Waals surface area (Å²) in [6.07, 6.45) is 0. The van der Waals surface area contributed by atoms with Crippen LogP contribution < -0.4 is 0 Å². The number of benzene rings is 2. The van der Waals surface area contributed by atoms with Gasteiger partial charge in [0.1, 0.15) is 6.07 Å². The molecule has 0 aromatic heterocycles. The van der Waals surface area contributed by atoms with Crippen LogP contribution in [-0.2, 0) is 5.41 Å². The van der Waals surface area contributed by atoms with Crippen molar-refractivity contribution < 1.29 is 0 Å². The third kappa shape index (κ3) is 1.83. The number of nitrogens with zero attached hydrogens (tertiary/aromatic N) is 2. The lowest BCUT2D eigenvalue weighted by Gasteiger charge is -2.22. The molecule has 0 N–H and O–H groups in total. The Morgan fingerprint density at radius 1 is 0.944 bits per heavy atom. The molecule has 2 aromatic carbocycles. The van der Waals surface area contributed by atoms with Crippen LogP contribution in [0.25, 0.3) is 10.8 Å². The molecular weight excluding hydrogens is 220 g/mol. The standard InChI is InChI=1S/C16H14N2/c1-16(2,3)15-8-11(9-17)12-6-4-5-7-13(12)14(15)10-18/h4-8H,1-3H3. The third-order valence-corrected chi connectivity index (χ3v) is 3.08. The van der Waals surface area contributed by atoms with Crippen LogP contribution in [0.4, 0.5) is 0 Å². The van der Waals surface area contributed by atoms with Crippen molar-refractivity contribution in [1.82, 2.24) is 0 Å². The van der Waals surface area contributed by atoms with Gasteiger partial charge in [0.15, 0.2) is 0 Å². The van der Waals surface area contributed by atoms with Crippen molar-refractivity contribution in [1.29, 1.82) is 10.5 Å². The van der Waals surface area contributed by atoms with E-state index in [0.29, 0.717) is 11.1 Å². The van der Waals surface area contributed by atoms with Gasteiger partial charge in [-0.3, -0.25) is 0 Å². The van der Waals surface area contributed by atoms with Crippen molar-refractivity contribution in [3.05, 3.63) is 47.0 Å². The molecule has 0 aliphatic carbocycles. The second-order valence-corrected chi connectivity index (χ2v) is 5.37. The molecule has 0 aliphatic rings. The first kappa shape index (κ1) is 12.1. The van der Waals surface area contributed by atoms with Crippen molar-refractivity contribution in [3.63, 3.8) is 0 Å². The summed E-state index contributed by atoms with van der Waals surface area (Å²) in [6, 6.07) is 13.9. The van der Waals surface area contributed by atoms with Crippen molar-refractivity contribution in [3.8, 4) is 12.1 Å². The van der Waals surface area contributed by atoms with E-state index in [1.165, 1.54) is 0 Å². The van der Waals surface area contributed by atoms with E-state index in [-0.39, 0.29) is 5.41 Å². The van der Waals surface area contributed by atoms with Gasteiger partial charge in [-0.1, -0.05) is 45.0 Å². The predicted octanol–water partition coefficient (Wildman–Crippen LogP) is 3.88. The van der Waals surface area contributed by atoms with Gasteiger partial charge in [0.05, 0.1) is 17.2 Å². The van der Waals surface area contributed by atoms with Crippen LogP contribution >= 0.6 is 0 Å². The van der Waals surface area contributed by atoms with Gasteiger partial charge in [-0.25, -0.2) is 0 Å². The molecule has 2 aromatic rings. The molecule has 2 heteroatoms. The Bertz CT molecular complexity index is 692. The molecule has 0 saturated carbocycles. The first-order valence-corrected chi connectivity index (χ1v) is 5.85. The Hall–Kier alpha value is -2.32. The summed E-state index contributed by atoms with van der Waals surface area (Å²) in [5, 5.41) is 20.4. The Morgan fingerprint density at radius 3 is 2.06 bits per heavy atom. The highest BCUT2D eigenvalue weighted by Gasteiger charge is 2.21. The van der Waals surface area contributed by atoms with Crippen molar-refractivity contribution >= 4 is 10.8 Å². The van der Waals surface area contributed by atoms with E-state index in [1.54, 1.807) is 0 Å². The fourth-order valence-corrected chi connectivity index (χ4v) is 2.18. The molecule has 0 radical (unpaired) electrons. The fraction of sp³-hybridized carbons (Fsp3) is 0.250. The minimum absolute atomic E-state index is 0.152. The number of hydrogen-bond acceptors (Lipinski definition) is 2. The number of hydrogen-bond donors (Lipinski definition) is 0. The highest BCUT2D eigenvalue weighted by molar-refractivity contribution is 5.93. The van der Waals surface area contributed by atoms with Crippen LogP contribution in [0, 0.1) is 22.7 Å². The number of rotatable bonds is 0. The lowest BCUT2D eigenvalue weighted by Crippen LogP contribution is -2.14. The minimum Gasteiger partial charge on any atom is -0.192 e. The molecular formula is C16H14N2. The third-order valence-electron chi connectivity index (χ3n) is 3.08. The average Bonchev–Trinajstić information content (AvgIpc) is 2.35. The van der Waals surface area contributed by atoms with E-state index in [4.69, 9.17) is 0 Å². The Labute approximate surface area is 107 Å². The van der Waals surface area contributed by atoms with Gasteiger partial charge in [-0.05, 0) is 17.0 Å². The van der Waals surface area contributed by atoms with Gasteiger partial charge >= 0.3 is 0 Å². The molecule has 0 saturated heterocycles. The zero-order chi connectivity index (χ0) is 13.3. The van der Waals surface area contributed by atoms with Crippen LogP contribution in [-0.4, -0.2) is 0 Å². The van der Waals surface area contributed by atoms with Crippen molar-refractivity contribution in [2.45, 2.75) is 26.2 Å². The maximum atomic E-state index is 9.41. The van der Waals surface area contributed by atoms with Gasteiger partial charge in [0.2, 0.25) is 0 Å². The molecule has 2 nitrogen and oxygen atoms in total. The van der Waals surface area contributed by atoms with E-state index >= 15 is 0 Å². The summed E-state index contributed by atoms with van der Waals surface area (Å²) in [4.78, 5) is 0. The summed E-state index contributed by atoms with van der Waals surface area (Å²) >= 11 is 0. The summed E-state index contributed by atoms with van der Waals surface area (Å²) in [5.74, 6) is 0. The molecule has 2 rings (SSSR count). The summed E-state index contributed by atoms with van der Waals surface area (Å²) in [7, 11) is 0. The van der Waals surface area contributed by atoms with Gasteiger partial charge in [0.25, 0.3) is 0 Å². The second kappa shape index (κ2) is 4.17. The molecule has 0 fully saturated rings. The van der Waals surface area contributed by atoms with Crippen LogP contribution in [0.5, 0.6) is 0 Å². The molecule has 0 aliphatic heterocycles. The van der Waals surface area contributed by atoms with E-state index < -0.39 is 0 Å². The van der Waals surface area contributed by atoms with Gasteiger partial charge in [0, 0.05) is 10.8 Å². The topological polar surface area (TPSA) is 47.6 Å². The molecule has 88 valence electrons. The van der Waals surface area contributed by atoms with Gasteiger partial charge in [-0.15, -0.1) is 0 Å². The zero-order valence-corrected chi connectivity index (χ0v) is 10.8. The van der Waals surface area contributed by atoms with Crippen LogP contribution in [0.3, 0.4) is 0 Å². The smallest absolute Gasteiger partial charge is 0.100 e. The maximum Gasteiger partial charge on any atom is 0.100 e. The van der Waals surface area contributed by atoms with Crippen LogP contribution in [0.1, 0.15) is 37.5 Å². The van der Waals surface area contributed by atoms with E-state index in [0.717, 1.165) is 16.3 Å². The van der Waals surface area contributed by atoms with E-state index in [1.807, 2.05) is 30.3 Å². The first-order chi connectivity index (χ1) is 8.49. The van der Waals surface area contributed by atoms with Crippen LogP contribution in [0.2, 0.25) is 0 Å². The number of fused-ring (bicyclic) bond motifs is 1. The van der Waals surface area contributed by atoms with Gasteiger partial charge < -0.3 is 0 Å². The number of nitriles is 2. The van der Waals surface area contributed by atoms with Crippen molar-refractivity contribution in [2.24, 2.45) is 0 Å². The predicted molar refractivity (Wildman–Crippen MR) is 72.1 cm³/mol. The zero-order valence-electron chi connectivity index (χ0n) is 10.8.